The summed E-state index contributed by atoms with van der Waals surface area (Å²) in [6, 6.07) is 5.82. The Labute approximate surface area is 106 Å². The van der Waals surface area contributed by atoms with Gasteiger partial charge in [0.1, 0.15) is 18.0 Å². The van der Waals surface area contributed by atoms with Crippen LogP contribution in [-0.4, -0.2) is 28.0 Å². The van der Waals surface area contributed by atoms with Gasteiger partial charge in [-0.25, -0.2) is 9.97 Å². The van der Waals surface area contributed by atoms with Gasteiger partial charge in [-0.15, -0.1) is 0 Å². The van der Waals surface area contributed by atoms with E-state index in [1.807, 2.05) is 18.2 Å². The Morgan fingerprint density at radius 1 is 1.06 bits per heavy atom. The number of nitrogens with one attached hydrogen (secondary N) is 1. The normalized spacial score (nSPS) is 14.8. The first kappa shape index (κ1) is 11.0. The highest BCUT2D eigenvalue weighted by molar-refractivity contribution is 5.58. The highest BCUT2D eigenvalue weighted by Crippen LogP contribution is 2.21. The van der Waals surface area contributed by atoms with Crippen molar-refractivity contribution in [3.8, 4) is 0 Å². The summed E-state index contributed by atoms with van der Waals surface area (Å²) in [5, 5.41) is 3.25. The molecule has 1 saturated heterocycles. The summed E-state index contributed by atoms with van der Waals surface area (Å²) in [6.07, 6.45) is 7.61. The van der Waals surface area contributed by atoms with E-state index in [2.05, 4.69) is 25.2 Å². The topological polar surface area (TPSA) is 53.9 Å². The van der Waals surface area contributed by atoms with Crippen LogP contribution in [0.25, 0.3) is 0 Å². The molecular weight excluding hydrogens is 226 g/mol. The fraction of sp³-hybridized carbons (Fsp3) is 0.308. The minimum absolute atomic E-state index is 0.818. The van der Waals surface area contributed by atoms with E-state index in [0.717, 1.165) is 30.4 Å². The molecule has 0 aliphatic carbocycles. The Bertz CT molecular complexity index is 508. The molecule has 0 amide bonds. The molecular formula is C13H15N5. The largest absolute Gasteiger partial charge is 0.356 e. The molecule has 1 N–H and O–H groups in total. The maximum absolute atomic E-state index is 4.33. The van der Waals surface area contributed by atoms with Crippen LogP contribution in [0, 0.1) is 0 Å². The SMILES string of the molecule is c1cc(Nc2cc(N3CCCC3)ncn2)ccn1. The van der Waals surface area contributed by atoms with Gasteiger partial charge in [-0.1, -0.05) is 0 Å². The monoisotopic (exact) mass is 241 g/mol. The van der Waals surface area contributed by atoms with Crippen LogP contribution in [0.1, 0.15) is 12.8 Å². The number of hydrogen-bond donors (Lipinski definition) is 1. The maximum Gasteiger partial charge on any atom is 0.135 e. The molecule has 2 aromatic rings. The van der Waals surface area contributed by atoms with Crippen LogP contribution < -0.4 is 10.2 Å². The lowest BCUT2D eigenvalue weighted by molar-refractivity contribution is 0.928. The van der Waals surface area contributed by atoms with Gasteiger partial charge in [0.25, 0.3) is 0 Å². The van der Waals surface area contributed by atoms with Gasteiger partial charge in [0.2, 0.25) is 0 Å². The molecule has 1 aliphatic rings. The molecule has 0 saturated carbocycles. The number of nitrogens with zero attached hydrogens (tertiary/aromatic N) is 4. The summed E-state index contributed by atoms with van der Waals surface area (Å²) >= 11 is 0. The lowest BCUT2D eigenvalue weighted by Crippen LogP contribution is -2.19. The van der Waals surface area contributed by atoms with Gasteiger partial charge in [-0.3, -0.25) is 4.98 Å². The van der Waals surface area contributed by atoms with E-state index in [1.54, 1.807) is 18.7 Å². The Morgan fingerprint density at radius 3 is 2.61 bits per heavy atom. The predicted molar refractivity (Wildman–Crippen MR) is 71.0 cm³/mol. The highest BCUT2D eigenvalue weighted by atomic mass is 15.2. The molecule has 3 rings (SSSR count). The van der Waals surface area contributed by atoms with Crippen LogP contribution in [0.5, 0.6) is 0 Å². The molecule has 2 aromatic heterocycles. The van der Waals surface area contributed by atoms with Gasteiger partial charge < -0.3 is 10.2 Å². The van der Waals surface area contributed by atoms with Crippen LogP contribution in [0.4, 0.5) is 17.3 Å². The Hall–Kier alpha value is -2.17. The van der Waals surface area contributed by atoms with Gasteiger partial charge in [-0.05, 0) is 25.0 Å². The Balaban J connectivity index is 1.78. The van der Waals surface area contributed by atoms with E-state index in [1.165, 1.54) is 12.8 Å². The molecule has 18 heavy (non-hydrogen) atoms. The van der Waals surface area contributed by atoms with E-state index in [-0.39, 0.29) is 0 Å². The summed E-state index contributed by atoms with van der Waals surface area (Å²) in [7, 11) is 0. The number of anilines is 3. The third-order valence-corrected chi connectivity index (χ3v) is 3.04. The van der Waals surface area contributed by atoms with Crippen molar-refractivity contribution >= 4 is 17.3 Å². The van der Waals surface area contributed by atoms with Crippen LogP contribution >= 0.6 is 0 Å². The second-order valence-electron chi connectivity index (χ2n) is 4.32. The lowest BCUT2D eigenvalue weighted by Gasteiger charge is -2.16. The Kier molecular flexibility index (Phi) is 3.04. The van der Waals surface area contributed by atoms with Crippen LogP contribution in [0.3, 0.4) is 0 Å². The van der Waals surface area contributed by atoms with Crippen molar-refractivity contribution in [1.82, 2.24) is 15.0 Å². The first-order chi connectivity index (χ1) is 8.92. The van der Waals surface area contributed by atoms with E-state index in [4.69, 9.17) is 0 Å². The quantitative estimate of drug-likeness (QED) is 0.893. The van der Waals surface area contributed by atoms with Gasteiger partial charge in [0, 0.05) is 37.2 Å². The number of rotatable bonds is 3. The standard InChI is InChI=1S/C13H15N5/c1-2-8-18(7-1)13-9-12(15-10-16-13)17-11-3-5-14-6-4-11/h3-6,9-10H,1-2,7-8H2,(H,14,15,16,17). The minimum atomic E-state index is 0.818. The summed E-state index contributed by atoms with van der Waals surface area (Å²) in [5.74, 6) is 1.82. The summed E-state index contributed by atoms with van der Waals surface area (Å²) < 4.78 is 0. The van der Waals surface area contributed by atoms with E-state index >= 15 is 0 Å². The third kappa shape index (κ3) is 2.40. The number of aromatic nitrogens is 3. The average Bonchev–Trinajstić information content (AvgIpc) is 2.94. The highest BCUT2D eigenvalue weighted by Gasteiger charge is 2.13. The average molecular weight is 241 g/mol. The van der Waals surface area contributed by atoms with Crippen molar-refractivity contribution in [2.45, 2.75) is 12.8 Å². The van der Waals surface area contributed by atoms with Gasteiger partial charge in [0.15, 0.2) is 0 Å². The molecule has 5 nitrogen and oxygen atoms in total. The molecule has 0 atom stereocenters. The second-order valence-corrected chi connectivity index (χ2v) is 4.32. The minimum Gasteiger partial charge on any atom is -0.356 e. The van der Waals surface area contributed by atoms with Crippen LogP contribution in [0.15, 0.2) is 36.9 Å². The number of hydrogen-bond acceptors (Lipinski definition) is 5. The Morgan fingerprint density at radius 2 is 1.83 bits per heavy atom. The summed E-state index contributed by atoms with van der Waals surface area (Å²) in [4.78, 5) is 14.8. The van der Waals surface area contributed by atoms with Crippen molar-refractivity contribution < 1.29 is 0 Å². The van der Waals surface area contributed by atoms with E-state index in [9.17, 15) is 0 Å². The van der Waals surface area contributed by atoms with Crippen molar-refractivity contribution in [3.63, 3.8) is 0 Å². The second kappa shape index (κ2) is 5.00. The van der Waals surface area contributed by atoms with Crippen molar-refractivity contribution in [2.24, 2.45) is 0 Å². The van der Waals surface area contributed by atoms with E-state index < -0.39 is 0 Å². The lowest BCUT2D eigenvalue weighted by atomic mass is 10.4. The fourth-order valence-corrected chi connectivity index (χ4v) is 2.12. The summed E-state index contributed by atoms with van der Waals surface area (Å²) in [5.41, 5.74) is 0.982. The smallest absolute Gasteiger partial charge is 0.135 e. The molecule has 0 bridgehead atoms. The zero-order valence-electron chi connectivity index (χ0n) is 10.1. The van der Waals surface area contributed by atoms with Crippen molar-refractivity contribution in [1.29, 1.82) is 0 Å². The zero-order chi connectivity index (χ0) is 12.2. The zero-order valence-corrected chi connectivity index (χ0v) is 10.1. The van der Waals surface area contributed by atoms with Gasteiger partial charge in [-0.2, -0.15) is 0 Å². The van der Waals surface area contributed by atoms with Crippen molar-refractivity contribution in [3.05, 3.63) is 36.9 Å². The van der Waals surface area contributed by atoms with Crippen LogP contribution in [-0.2, 0) is 0 Å². The maximum atomic E-state index is 4.33. The molecule has 3 heterocycles. The van der Waals surface area contributed by atoms with Crippen LogP contribution in [0.2, 0.25) is 0 Å². The first-order valence-corrected chi connectivity index (χ1v) is 6.16. The van der Waals surface area contributed by atoms with E-state index in [0.29, 0.717) is 0 Å². The van der Waals surface area contributed by atoms with Gasteiger partial charge in [0.05, 0.1) is 0 Å². The molecule has 0 unspecified atom stereocenters. The molecule has 0 radical (unpaired) electrons. The molecule has 0 spiro atoms. The third-order valence-electron chi connectivity index (χ3n) is 3.04. The van der Waals surface area contributed by atoms with Crippen molar-refractivity contribution in [2.75, 3.05) is 23.3 Å². The van der Waals surface area contributed by atoms with Gasteiger partial charge >= 0.3 is 0 Å². The molecule has 1 fully saturated rings. The summed E-state index contributed by atoms with van der Waals surface area (Å²) in [6.45, 7) is 2.18. The molecule has 92 valence electrons. The molecule has 0 aromatic carbocycles. The molecule has 1 aliphatic heterocycles. The molecule has 5 heteroatoms. The fourth-order valence-electron chi connectivity index (χ4n) is 2.12. The first-order valence-electron chi connectivity index (χ1n) is 6.16. The number of pyridine rings is 1. The predicted octanol–water partition coefficient (Wildman–Crippen LogP) is 2.22.